The van der Waals surface area contributed by atoms with Crippen LogP contribution in [-0.4, -0.2) is 40.8 Å². The summed E-state index contributed by atoms with van der Waals surface area (Å²) in [6.45, 7) is 7.09. The van der Waals surface area contributed by atoms with Crippen LogP contribution in [0.4, 0.5) is 0 Å². The van der Waals surface area contributed by atoms with Crippen LogP contribution in [-0.2, 0) is 9.53 Å². The lowest BCUT2D eigenvalue weighted by atomic mass is 9.80. The Bertz CT molecular complexity index is 936. The lowest BCUT2D eigenvalue weighted by Crippen LogP contribution is -2.54. The minimum absolute atomic E-state index is 0.110. The first-order chi connectivity index (χ1) is 13.8. The molecule has 1 aromatic heterocycles. The van der Waals surface area contributed by atoms with Crippen molar-refractivity contribution in [2.75, 3.05) is 13.2 Å². The number of nitrogens with zero attached hydrogens (tertiary/aromatic N) is 1. The Morgan fingerprint density at radius 2 is 1.86 bits per heavy atom. The SMILES string of the molecule is Cc1c(C(=O)O)c2ccccc2n1C(C)C1CCC(NC(=O)C2(C)COC2)CC1. The number of carboxylic acids is 1. The zero-order valence-corrected chi connectivity index (χ0v) is 17.4. The van der Waals surface area contributed by atoms with E-state index in [1.807, 2.05) is 38.1 Å². The maximum atomic E-state index is 12.5. The number of aromatic nitrogens is 1. The average molecular weight is 399 g/mol. The van der Waals surface area contributed by atoms with Gasteiger partial charge in [-0.2, -0.15) is 0 Å². The molecule has 2 fully saturated rings. The maximum Gasteiger partial charge on any atom is 0.338 e. The molecule has 2 heterocycles. The molecule has 29 heavy (non-hydrogen) atoms. The standard InChI is InChI=1S/C23H30N2O4/c1-14(25-15(2)20(21(26)27)18-6-4-5-7-19(18)25)16-8-10-17(11-9-16)24-22(28)23(3)12-29-13-23/h4-7,14,16-17H,8-13H2,1-3H3,(H,24,28)(H,26,27). The molecule has 2 aliphatic rings. The topological polar surface area (TPSA) is 80.6 Å². The van der Waals surface area contributed by atoms with Crippen LogP contribution < -0.4 is 5.32 Å². The molecular weight excluding hydrogens is 368 g/mol. The number of carbonyl (C=O) groups excluding carboxylic acids is 1. The van der Waals surface area contributed by atoms with Gasteiger partial charge in [0.05, 0.1) is 24.2 Å². The van der Waals surface area contributed by atoms with Crippen LogP contribution in [0.5, 0.6) is 0 Å². The number of aromatic carboxylic acids is 1. The second-order valence-electron chi connectivity index (χ2n) is 9.03. The van der Waals surface area contributed by atoms with Gasteiger partial charge in [-0.1, -0.05) is 18.2 Å². The summed E-state index contributed by atoms with van der Waals surface area (Å²) in [5, 5.41) is 13.7. The van der Waals surface area contributed by atoms with Crippen molar-refractivity contribution in [1.29, 1.82) is 0 Å². The lowest BCUT2D eigenvalue weighted by molar-refractivity contribution is -0.158. The number of ether oxygens (including phenoxy) is 1. The second-order valence-corrected chi connectivity index (χ2v) is 9.03. The Balaban J connectivity index is 1.48. The highest BCUT2D eigenvalue weighted by Gasteiger charge is 2.42. The number of rotatable bonds is 5. The van der Waals surface area contributed by atoms with Crippen LogP contribution in [0.1, 0.15) is 61.6 Å². The van der Waals surface area contributed by atoms with Gasteiger partial charge in [0.15, 0.2) is 0 Å². The molecule has 4 rings (SSSR count). The van der Waals surface area contributed by atoms with Gasteiger partial charge in [0, 0.05) is 28.7 Å². The van der Waals surface area contributed by atoms with Crippen LogP contribution >= 0.6 is 0 Å². The molecule has 1 aromatic carbocycles. The third kappa shape index (κ3) is 3.44. The maximum absolute atomic E-state index is 12.5. The van der Waals surface area contributed by atoms with Crippen molar-refractivity contribution in [1.82, 2.24) is 9.88 Å². The molecule has 156 valence electrons. The van der Waals surface area contributed by atoms with E-state index in [0.29, 0.717) is 24.7 Å². The summed E-state index contributed by atoms with van der Waals surface area (Å²) in [5.74, 6) is -0.301. The van der Waals surface area contributed by atoms with E-state index in [-0.39, 0.29) is 23.4 Å². The Hall–Kier alpha value is -2.34. The molecule has 1 saturated heterocycles. The van der Waals surface area contributed by atoms with Gasteiger partial charge in [0.25, 0.3) is 0 Å². The number of benzene rings is 1. The molecule has 1 saturated carbocycles. The molecule has 0 spiro atoms. The Morgan fingerprint density at radius 3 is 2.45 bits per heavy atom. The highest BCUT2D eigenvalue weighted by molar-refractivity contribution is 6.05. The number of para-hydroxylation sites is 1. The Labute approximate surface area is 171 Å². The van der Waals surface area contributed by atoms with E-state index in [2.05, 4.69) is 16.8 Å². The molecule has 1 aliphatic heterocycles. The lowest BCUT2D eigenvalue weighted by Gasteiger charge is -2.39. The summed E-state index contributed by atoms with van der Waals surface area (Å²) in [7, 11) is 0. The summed E-state index contributed by atoms with van der Waals surface area (Å²) < 4.78 is 7.41. The largest absolute Gasteiger partial charge is 0.478 e. The molecule has 1 amide bonds. The molecule has 0 radical (unpaired) electrons. The van der Waals surface area contributed by atoms with E-state index < -0.39 is 5.97 Å². The molecule has 2 aromatic rings. The molecule has 2 N–H and O–H groups in total. The average Bonchev–Trinajstić information content (AvgIpc) is 2.98. The Morgan fingerprint density at radius 1 is 1.21 bits per heavy atom. The van der Waals surface area contributed by atoms with Crippen molar-refractivity contribution < 1.29 is 19.4 Å². The molecular formula is C23H30N2O4. The van der Waals surface area contributed by atoms with Crippen molar-refractivity contribution >= 4 is 22.8 Å². The molecule has 6 nitrogen and oxygen atoms in total. The van der Waals surface area contributed by atoms with Crippen LogP contribution in [0.15, 0.2) is 24.3 Å². The molecule has 1 unspecified atom stereocenters. The van der Waals surface area contributed by atoms with Gasteiger partial charge in [-0.3, -0.25) is 4.79 Å². The van der Waals surface area contributed by atoms with Crippen molar-refractivity contribution in [3.63, 3.8) is 0 Å². The van der Waals surface area contributed by atoms with Gasteiger partial charge < -0.3 is 19.7 Å². The summed E-state index contributed by atoms with van der Waals surface area (Å²) in [4.78, 5) is 24.3. The summed E-state index contributed by atoms with van der Waals surface area (Å²) in [5.41, 5.74) is 1.85. The van der Waals surface area contributed by atoms with E-state index >= 15 is 0 Å². The molecule has 6 heteroatoms. The Kier molecular flexibility index (Phi) is 5.15. The quantitative estimate of drug-likeness (QED) is 0.800. The molecule has 0 bridgehead atoms. The smallest absolute Gasteiger partial charge is 0.338 e. The first kappa shape index (κ1) is 20.0. The first-order valence-electron chi connectivity index (χ1n) is 10.5. The zero-order chi connectivity index (χ0) is 20.8. The fourth-order valence-electron chi connectivity index (χ4n) is 5.04. The van der Waals surface area contributed by atoms with Crippen molar-refractivity contribution in [3.05, 3.63) is 35.5 Å². The first-order valence-corrected chi connectivity index (χ1v) is 10.5. The number of amides is 1. The normalized spacial score (nSPS) is 24.7. The number of carbonyl (C=O) groups is 2. The third-order valence-electron chi connectivity index (χ3n) is 6.96. The molecule has 1 atom stereocenters. The number of hydrogen-bond donors (Lipinski definition) is 2. The van der Waals surface area contributed by atoms with Crippen LogP contribution in [0.3, 0.4) is 0 Å². The second kappa shape index (κ2) is 7.48. The summed E-state index contributed by atoms with van der Waals surface area (Å²) >= 11 is 0. The fourth-order valence-corrected chi connectivity index (χ4v) is 5.04. The van der Waals surface area contributed by atoms with Gasteiger partial charge >= 0.3 is 5.97 Å². The predicted molar refractivity (Wildman–Crippen MR) is 111 cm³/mol. The van der Waals surface area contributed by atoms with Gasteiger partial charge in [-0.05, 0) is 58.4 Å². The molecule has 1 aliphatic carbocycles. The number of carboxylic acid groups (broad SMARTS) is 1. The van der Waals surface area contributed by atoms with E-state index in [1.54, 1.807) is 0 Å². The van der Waals surface area contributed by atoms with E-state index in [9.17, 15) is 14.7 Å². The highest BCUT2D eigenvalue weighted by Crippen LogP contribution is 2.38. The monoisotopic (exact) mass is 398 g/mol. The van der Waals surface area contributed by atoms with E-state index in [0.717, 1.165) is 42.3 Å². The van der Waals surface area contributed by atoms with E-state index in [4.69, 9.17) is 4.74 Å². The van der Waals surface area contributed by atoms with Gasteiger partial charge in [-0.15, -0.1) is 0 Å². The predicted octanol–water partition coefficient (Wildman–Crippen LogP) is 3.92. The summed E-state index contributed by atoms with van der Waals surface area (Å²) in [6, 6.07) is 8.20. The summed E-state index contributed by atoms with van der Waals surface area (Å²) in [6.07, 6.45) is 3.96. The number of hydrogen-bond acceptors (Lipinski definition) is 3. The third-order valence-corrected chi connectivity index (χ3v) is 6.96. The van der Waals surface area contributed by atoms with Crippen molar-refractivity contribution in [2.45, 2.75) is 58.5 Å². The minimum atomic E-state index is -0.871. The highest BCUT2D eigenvalue weighted by atomic mass is 16.5. The van der Waals surface area contributed by atoms with Crippen LogP contribution in [0, 0.1) is 18.3 Å². The van der Waals surface area contributed by atoms with Crippen molar-refractivity contribution in [3.8, 4) is 0 Å². The number of nitrogens with one attached hydrogen (secondary N) is 1. The number of fused-ring (bicyclic) bond motifs is 1. The minimum Gasteiger partial charge on any atom is -0.478 e. The van der Waals surface area contributed by atoms with Crippen molar-refractivity contribution in [2.24, 2.45) is 11.3 Å². The van der Waals surface area contributed by atoms with Gasteiger partial charge in [-0.25, -0.2) is 4.79 Å². The van der Waals surface area contributed by atoms with Crippen LogP contribution in [0.2, 0.25) is 0 Å². The fraction of sp³-hybridized carbons (Fsp3) is 0.565. The van der Waals surface area contributed by atoms with E-state index in [1.165, 1.54) is 0 Å². The van der Waals surface area contributed by atoms with Gasteiger partial charge in [0.1, 0.15) is 0 Å². The van der Waals surface area contributed by atoms with Crippen LogP contribution in [0.25, 0.3) is 10.9 Å². The zero-order valence-electron chi connectivity index (χ0n) is 17.4. The van der Waals surface area contributed by atoms with Gasteiger partial charge in [0.2, 0.25) is 5.91 Å².